The van der Waals surface area contributed by atoms with E-state index in [-0.39, 0.29) is 6.42 Å². The Bertz CT molecular complexity index is 396. The van der Waals surface area contributed by atoms with E-state index < -0.39 is 23.6 Å². The van der Waals surface area contributed by atoms with Gasteiger partial charge in [-0.25, -0.2) is 8.78 Å². The van der Waals surface area contributed by atoms with Gasteiger partial charge < -0.3 is 10.5 Å². The van der Waals surface area contributed by atoms with Crippen LogP contribution >= 0.6 is 0 Å². The Hall–Kier alpha value is -1.49. The van der Waals surface area contributed by atoms with Gasteiger partial charge in [0.25, 0.3) is 0 Å². The van der Waals surface area contributed by atoms with Crippen LogP contribution in [-0.2, 0) is 9.53 Å². The van der Waals surface area contributed by atoms with Gasteiger partial charge in [0.15, 0.2) is 11.6 Å². The molecule has 2 N–H and O–H groups in total. The van der Waals surface area contributed by atoms with E-state index in [2.05, 4.69) is 0 Å². The van der Waals surface area contributed by atoms with Crippen molar-refractivity contribution < 1.29 is 18.3 Å². The highest BCUT2D eigenvalue weighted by atomic mass is 19.2. The van der Waals surface area contributed by atoms with E-state index in [1.807, 2.05) is 6.92 Å². The summed E-state index contributed by atoms with van der Waals surface area (Å²) in [4.78, 5) is 11.3. The van der Waals surface area contributed by atoms with Crippen molar-refractivity contribution in [1.29, 1.82) is 0 Å². The van der Waals surface area contributed by atoms with Gasteiger partial charge in [0, 0.05) is 6.04 Å². The van der Waals surface area contributed by atoms with Gasteiger partial charge in [-0.1, -0.05) is 13.0 Å². The van der Waals surface area contributed by atoms with Crippen LogP contribution in [0.5, 0.6) is 0 Å². The molecule has 1 rings (SSSR count). The minimum absolute atomic E-state index is 0.0505. The van der Waals surface area contributed by atoms with Crippen LogP contribution in [0.2, 0.25) is 0 Å². The molecule has 0 saturated heterocycles. The molecule has 0 aromatic heterocycles. The standard InChI is InChI=1S/C12H15F2NO2/c1-2-5-17-12(16)7-11(15)8-3-4-9(13)10(14)6-8/h3-4,6,11H,2,5,7,15H2,1H3/t11-/m1/s1. The predicted octanol–water partition coefficient (Wildman–Crippen LogP) is 2.31. The number of rotatable bonds is 5. The molecule has 0 bridgehead atoms. The molecule has 0 aliphatic heterocycles. The fourth-order valence-corrected chi connectivity index (χ4v) is 1.32. The predicted molar refractivity (Wildman–Crippen MR) is 59.2 cm³/mol. The van der Waals surface area contributed by atoms with Crippen LogP contribution in [0, 0.1) is 11.6 Å². The number of ether oxygens (including phenoxy) is 1. The molecule has 0 saturated carbocycles. The fraction of sp³-hybridized carbons (Fsp3) is 0.417. The first kappa shape index (κ1) is 13.6. The Morgan fingerprint density at radius 2 is 2.12 bits per heavy atom. The second-order valence-corrected chi connectivity index (χ2v) is 3.70. The third kappa shape index (κ3) is 4.11. The lowest BCUT2D eigenvalue weighted by Crippen LogP contribution is -2.17. The van der Waals surface area contributed by atoms with E-state index >= 15 is 0 Å². The van der Waals surface area contributed by atoms with Gasteiger partial charge in [-0.2, -0.15) is 0 Å². The van der Waals surface area contributed by atoms with Crippen LogP contribution in [0.4, 0.5) is 8.78 Å². The molecule has 0 unspecified atom stereocenters. The van der Waals surface area contributed by atoms with Crippen LogP contribution in [0.3, 0.4) is 0 Å². The Morgan fingerprint density at radius 3 is 2.71 bits per heavy atom. The molecule has 1 aromatic rings. The first-order valence-electron chi connectivity index (χ1n) is 5.40. The van der Waals surface area contributed by atoms with Gasteiger partial charge in [-0.3, -0.25) is 4.79 Å². The number of halogens is 2. The number of hydrogen-bond donors (Lipinski definition) is 1. The molecule has 0 spiro atoms. The molecular weight excluding hydrogens is 228 g/mol. The minimum Gasteiger partial charge on any atom is -0.466 e. The summed E-state index contributed by atoms with van der Waals surface area (Å²) < 4.78 is 30.5. The fourth-order valence-electron chi connectivity index (χ4n) is 1.32. The molecular formula is C12H15F2NO2. The van der Waals surface area contributed by atoms with Crippen molar-refractivity contribution in [3.63, 3.8) is 0 Å². The third-order valence-corrected chi connectivity index (χ3v) is 2.23. The number of carbonyl (C=O) groups excluding carboxylic acids is 1. The second-order valence-electron chi connectivity index (χ2n) is 3.70. The molecule has 1 atom stereocenters. The molecule has 5 heteroatoms. The minimum atomic E-state index is -0.972. The lowest BCUT2D eigenvalue weighted by molar-refractivity contribution is -0.144. The Kier molecular flexibility index (Phi) is 5.03. The summed E-state index contributed by atoms with van der Waals surface area (Å²) >= 11 is 0. The topological polar surface area (TPSA) is 52.3 Å². The normalized spacial score (nSPS) is 12.2. The molecule has 1 aromatic carbocycles. The summed E-state index contributed by atoms with van der Waals surface area (Å²) in [6.45, 7) is 2.21. The van der Waals surface area contributed by atoms with Crippen molar-refractivity contribution in [3.8, 4) is 0 Å². The van der Waals surface area contributed by atoms with Crippen molar-refractivity contribution in [2.45, 2.75) is 25.8 Å². The van der Waals surface area contributed by atoms with Crippen molar-refractivity contribution in [2.75, 3.05) is 6.61 Å². The summed E-state index contributed by atoms with van der Waals surface area (Å²) in [5, 5.41) is 0. The first-order valence-corrected chi connectivity index (χ1v) is 5.40. The van der Waals surface area contributed by atoms with Crippen molar-refractivity contribution >= 4 is 5.97 Å². The number of hydrogen-bond acceptors (Lipinski definition) is 3. The highest BCUT2D eigenvalue weighted by Gasteiger charge is 2.14. The summed E-state index contributed by atoms with van der Waals surface area (Å²) in [7, 11) is 0. The van der Waals surface area contributed by atoms with Crippen molar-refractivity contribution in [2.24, 2.45) is 5.73 Å². The van der Waals surface area contributed by atoms with E-state index in [1.165, 1.54) is 6.07 Å². The van der Waals surface area contributed by atoms with Crippen LogP contribution in [-0.4, -0.2) is 12.6 Å². The maximum absolute atomic E-state index is 12.9. The maximum atomic E-state index is 12.9. The number of esters is 1. The molecule has 0 radical (unpaired) electrons. The zero-order valence-corrected chi connectivity index (χ0v) is 9.58. The average Bonchev–Trinajstić information content (AvgIpc) is 2.30. The summed E-state index contributed by atoms with van der Waals surface area (Å²) in [5.74, 6) is -2.35. The van der Waals surface area contributed by atoms with Crippen molar-refractivity contribution in [1.82, 2.24) is 0 Å². The van der Waals surface area contributed by atoms with Crippen LogP contribution in [0.15, 0.2) is 18.2 Å². The van der Waals surface area contributed by atoms with Crippen molar-refractivity contribution in [3.05, 3.63) is 35.4 Å². The molecule has 94 valence electrons. The maximum Gasteiger partial charge on any atom is 0.307 e. The largest absolute Gasteiger partial charge is 0.466 e. The molecule has 3 nitrogen and oxygen atoms in total. The van der Waals surface area contributed by atoms with E-state index in [1.54, 1.807) is 0 Å². The quantitative estimate of drug-likeness (QED) is 0.807. The molecule has 0 heterocycles. The second kappa shape index (κ2) is 6.30. The highest BCUT2D eigenvalue weighted by Crippen LogP contribution is 2.17. The zero-order valence-electron chi connectivity index (χ0n) is 9.58. The van der Waals surface area contributed by atoms with E-state index in [0.29, 0.717) is 12.2 Å². The summed E-state index contributed by atoms with van der Waals surface area (Å²) in [6.07, 6.45) is 0.678. The number of nitrogens with two attached hydrogens (primary N) is 1. The summed E-state index contributed by atoms with van der Waals surface area (Å²) in [6, 6.07) is 2.65. The summed E-state index contributed by atoms with van der Waals surface area (Å²) in [5.41, 5.74) is 6.07. The van der Waals surface area contributed by atoms with Gasteiger partial charge in [0.05, 0.1) is 13.0 Å². The van der Waals surface area contributed by atoms with Crippen LogP contribution in [0.25, 0.3) is 0 Å². The molecule has 0 aliphatic rings. The monoisotopic (exact) mass is 243 g/mol. The highest BCUT2D eigenvalue weighted by molar-refractivity contribution is 5.70. The van der Waals surface area contributed by atoms with Crippen LogP contribution < -0.4 is 5.73 Å². The molecule has 0 amide bonds. The SMILES string of the molecule is CCCOC(=O)C[C@@H](N)c1ccc(F)c(F)c1. The van der Waals surface area contributed by atoms with E-state index in [4.69, 9.17) is 10.5 Å². The third-order valence-electron chi connectivity index (χ3n) is 2.23. The first-order chi connectivity index (χ1) is 8.04. The zero-order chi connectivity index (χ0) is 12.8. The Labute approximate surface area is 98.6 Å². The molecule has 17 heavy (non-hydrogen) atoms. The van der Waals surface area contributed by atoms with Gasteiger partial charge >= 0.3 is 5.97 Å². The Balaban J connectivity index is 2.60. The molecule has 0 fully saturated rings. The van der Waals surface area contributed by atoms with Gasteiger partial charge in [0.1, 0.15) is 0 Å². The lowest BCUT2D eigenvalue weighted by Gasteiger charge is -2.11. The van der Waals surface area contributed by atoms with E-state index in [9.17, 15) is 13.6 Å². The smallest absolute Gasteiger partial charge is 0.307 e. The Morgan fingerprint density at radius 1 is 1.41 bits per heavy atom. The van der Waals surface area contributed by atoms with Crippen LogP contribution in [0.1, 0.15) is 31.4 Å². The number of carbonyl (C=O) groups is 1. The van der Waals surface area contributed by atoms with Gasteiger partial charge in [0.2, 0.25) is 0 Å². The number of benzene rings is 1. The lowest BCUT2D eigenvalue weighted by atomic mass is 10.0. The molecule has 0 aliphatic carbocycles. The van der Waals surface area contributed by atoms with E-state index in [0.717, 1.165) is 18.6 Å². The van der Waals surface area contributed by atoms with Gasteiger partial charge in [-0.05, 0) is 24.1 Å². The average molecular weight is 243 g/mol. The van der Waals surface area contributed by atoms with Gasteiger partial charge in [-0.15, -0.1) is 0 Å².